The van der Waals surface area contributed by atoms with Crippen molar-refractivity contribution in [1.82, 2.24) is 4.90 Å². The van der Waals surface area contributed by atoms with E-state index in [1.54, 1.807) is 11.9 Å². The molecule has 0 spiro atoms. The van der Waals surface area contributed by atoms with Gasteiger partial charge in [-0.25, -0.2) is 4.79 Å². The number of hydrogen-bond acceptors (Lipinski definition) is 3. The molecular weight excluding hydrogens is 276 g/mol. The van der Waals surface area contributed by atoms with Crippen LogP contribution in [0.25, 0.3) is 6.08 Å². The Morgan fingerprint density at radius 2 is 2.05 bits per heavy atom. The lowest BCUT2D eigenvalue weighted by molar-refractivity contribution is 0.0238. The van der Waals surface area contributed by atoms with Crippen LogP contribution in [0.4, 0.5) is 10.5 Å². The van der Waals surface area contributed by atoms with E-state index in [1.807, 2.05) is 58.9 Å². The van der Waals surface area contributed by atoms with Gasteiger partial charge in [-0.2, -0.15) is 0 Å². The maximum atomic E-state index is 12.0. The van der Waals surface area contributed by atoms with Crippen molar-refractivity contribution in [2.24, 2.45) is 0 Å². The Kier molecular flexibility index (Phi) is 6.03. The number of ether oxygens (including phenoxy) is 1. The lowest BCUT2D eigenvalue weighted by Gasteiger charge is -2.28. The second kappa shape index (κ2) is 7.34. The highest BCUT2D eigenvalue weighted by Gasteiger charge is 2.22. The average Bonchev–Trinajstić information content (AvgIpc) is 2.39. The zero-order valence-electron chi connectivity index (χ0n) is 14.5. The first-order valence-corrected chi connectivity index (χ1v) is 7.58. The number of carbonyl (C=O) groups excluding carboxylic acids is 1. The maximum Gasteiger partial charge on any atom is 0.410 e. The molecular formula is C18H28N2O2. The maximum absolute atomic E-state index is 12.0. The van der Waals surface area contributed by atoms with Crippen LogP contribution in [-0.2, 0) is 4.74 Å². The molecule has 1 rings (SSSR count). The van der Waals surface area contributed by atoms with E-state index in [-0.39, 0.29) is 12.1 Å². The number of carbonyl (C=O) groups is 1. The van der Waals surface area contributed by atoms with Gasteiger partial charge in [0.1, 0.15) is 5.60 Å². The smallest absolute Gasteiger partial charge is 0.410 e. The van der Waals surface area contributed by atoms with Crippen LogP contribution in [0, 0.1) is 6.92 Å². The number of nitrogen functional groups attached to an aromatic ring is 1. The Balaban J connectivity index is 2.57. The average molecular weight is 304 g/mol. The van der Waals surface area contributed by atoms with Gasteiger partial charge in [-0.3, -0.25) is 0 Å². The summed E-state index contributed by atoms with van der Waals surface area (Å²) in [6.45, 7) is 9.58. The second-order valence-corrected chi connectivity index (χ2v) is 6.69. The minimum absolute atomic E-state index is 0.0638. The van der Waals surface area contributed by atoms with E-state index in [4.69, 9.17) is 10.5 Å². The number of amides is 1. The first kappa shape index (κ1) is 18.1. The highest BCUT2D eigenvalue weighted by molar-refractivity contribution is 5.68. The third kappa shape index (κ3) is 5.80. The first-order valence-electron chi connectivity index (χ1n) is 7.58. The van der Waals surface area contributed by atoms with Crippen molar-refractivity contribution in [1.29, 1.82) is 0 Å². The summed E-state index contributed by atoms with van der Waals surface area (Å²) in [5.74, 6) is 0. The van der Waals surface area contributed by atoms with Crippen LogP contribution < -0.4 is 5.73 Å². The third-order valence-electron chi connectivity index (χ3n) is 3.43. The molecule has 0 saturated heterocycles. The van der Waals surface area contributed by atoms with Crippen LogP contribution in [0.5, 0.6) is 0 Å². The number of benzene rings is 1. The molecule has 0 aliphatic heterocycles. The lowest BCUT2D eigenvalue weighted by atomic mass is 10.1. The summed E-state index contributed by atoms with van der Waals surface area (Å²) in [5, 5.41) is 0. The number of hydrogen-bond donors (Lipinski definition) is 1. The molecule has 1 atom stereocenters. The normalized spacial score (nSPS) is 13.2. The molecule has 22 heavy (non-hydrogen) atoms. The first-order chi connectivity index (χ1) is 10.1. The molecule has 0 aliphatic carbocycles. The van der Waals surface area contributed by atoms with E-state index < -0.39 is 5.60 Å². The van der Waals surface area contributed by atoms with Gasteiger partial charge in [0.25, 0.3) is 0 Å². The fraction of sp³-hybridized carbons (Fsp3) is 0.500. The summed E-state index contributed by atoms with van der Waals surface area (Å²) in [4.78, 5) is 13.6. The van der Waals surface area contributed by atoms with E-state index in [2.05, 4.69) is 6.08 Å². The molecule has 0 radical (unpaired) electrons. The van der Waals surface area contributed by atoms with E-state index >= 15 is 0 Å². The van der Waals surface area contributed by atoms with Gasteiger partial charge in [0.15, 0.2) is 0 Å². The van der Waals surface area contributed by atoms with Crippen molar-refractivity contribution in [2.75, 3.05) is 12.8 Å². The summed E-state index contributed by atoms with van der Waals surface area (Å²) in [7, 11) is 1.76. The minimum atomic E-state index is -0.472. The quantitative estimate of drug-likeness (QED) is 0.847. The zero-order valence-corrected chi connectivity index (χ0v) is 14.5. The fourth-order valence-corrected chi connectivity index (χ4v) is 1.84. The number of nitrogens with zero attached hydrogens (tertiary/aromatic N) is 1. The van der Waals surface area contributed by atoms with Gasteiger partial charge in [-0.15, -0.1) is 0 Å². The second-order valence-electron chi connectivity index (χ2n) is 6.69. The number of anilines is 1. The number of rotatable bonds is 4. The predicted molar refractivity (Wildman–Crippen MR) is 92.7 cm³/mol. The Hall–Kier alpha value is -1.97. The summed E-state index contributed by atoms with van der Waals surface area (Å²) < 4.78 is 5.36. The Bertz CT molecular complexity index is 545. The van der Waals surface area contributed by atoms with Crippen LogP contribution in [0.2, 0.25) is 0 Å². The van der Waals surface area contributed by atoms with Gasteiger partial charge < -0.3 is 15.4 Å². The minimum Gasteiger partial charge on any atom is -0.444 e. The van der Waals surface area contributed by atoms with Crippen LogP contribution in [0.15, 0.2) is 24.3 Å². The van der Waals surface area contributed by atoms with Crippen molar-refractivity contribution in [3.63, 3.8) is 0 Å². The summed E-state index contributed by atoms with van der Waals surface area (Å²) in [6.07, 6.45) is 4.53. The van der Waals surface area contributed by atoms with Crippen molar-refractivity contribution in [3.05, 3.63) is 35.4 Å². The predicted octanol–water partition coefficient (Wildman–Crippen LogP) is 4.24. The molecule has 0 bridgehead atoms. The van der Waals surface area contributed by atoms with Crippen LogP contribution in [0.1, 0.15) is 45.2 Å². The fourth-order valence-electron chi connectivity index (χ4n) is 1.84. The van der Waals surface area contributed by atoms with Crippen molar-refractivity contribution in [2.45, 2.75) is 52.7 Å². The molecule has 0 fully saturated rings. The van der Waals surface area contributed by atoms with Crippen LogP contribution >= 0.6 is 0 Å². The van der Waals surface area contributed by atoms with Crippen molar-refractivity contribution < 1.29 is 9.53 Å². The van der Waals surface area contributed by atoms with Gasteiger partial charge in [0.2, 0.25) is 0 Å². The molecule has 122 valence electrons. The molecule has 1 aromatic rings. The molecule has 1 unspecified atom stereocenters. The van der Waals surface area contributed by atoms with Gasteiger partial charge in [-0.05, 0) is 58.2 Å². The van der Waals surface area contributed by atoms with Gasteiger partial charge >= 0.3 is 6.09 Å². The van der Waals surface area contributed by atoms with Crippen molar-refractivity contribution in [3.8, 4) is 0 Å². The highest BCUT2D eigenvalue weighted by Crippen LogP contribution is 2.15. The van der Waals surface area contributed by atoms with Crippen molar-refractivity contribution >= 4 is 17.9 Å². The molecule has 1 aromatic carbocycles. The number of nitrogens with two attached hydrogens (primary N) is 1. The zero-order chi connectivity index (χ0) is 16.9. The summed E-state index contributed by atoms with van der Waals surface area (Å²) in [5.41, 5.74) is 8.36. The Morgan fingerprint density at radius 3 is 2.59 bits per heavy atom. The summed E-state index contributed by atoms with van der Waals surface area (Å²) >= 11 is 0. The lowest BCUT2D eigenvalue weighted by Crippen LogP contribution is -2.39. The van der Waals surface area contributed by atoms with E-state index in [0.717, 1.165) is 23.2 Å². The molecule has 1 amide bonds. The SMILES string of the molecule is Cc1ccc(C=CCC(C)N(C)C(=O)OC(C)(C)C)cc1N. The largest absolute Gasteiger partial charge is 0.444 e. The molecule has 0 heterocycles. The van der Waals surface area contributed by atoms with Gasteiger partial charge in [0.05, 0.1) is 0 Å². The Morgan fingerprint density at radius 1 is 1.41 bits per heavy atom. The van der Waals surface area contributed by atoms with E-state index in [1.165, 1.54) is 0 Å². The molecule has 4 heteroatoms. The molecule has 2 N–H and O–H groups in total. The van der Waals surface area contributed by atoms with Crippen LogP contribution in [-0.4, -0.2) is 29.7 Å². The van der Waals surface area contributed by atoms with Crippen LogP contribution in [0.3, 0.4) is 0 Å². The third-order valence-corrected chi connectivity index (χ3v) is 3.43. The molecule has 0 aromatic heterocycles. The molecule has 0 saturated carbocycles. The Labute approximate surface area is 133 Å². The molecule has 0 aliphatic rings. The van der Waals surface area contributed by atoms with E-state index in [0.29, 0.717) is 0 Å². The van der Waals surface area contributed by atoms with E-state index in [9.17, 15) is 4.79 Å². The topological polar surface area (TPSA) is 55.6 Å². The summed E-state index contributed by atoms with van der Waals surface area (Å²) in [6, 6.07) is 6.05. The number of aryl methyl sites for hydroxylation is 1. The highest BCUT2D eigenvalue weighted by atomic mass is 16.6. The monoisotopic (exact) mass is 304 g/mol. The molecule has 4 nitrogen and oxygen atoms in total. The van der Waals surface area contributed by atoms with Gasteiger partial charge in [0, 0.05) is 18.8 Å². The standard InChI is InChI=1S/C18H28N2O2/c1-13-10-11-15(12-16(13)19)9-7-8-14(2)20(6)17(21)22-18(3,4)5/h7,9-12,14H,8,19H2,1-6H3. The van der Waals surface area contributed by atoms with Gasteiger partial charge in [-0.1, -0.05) is 24.3 Å².